The van der Waals surface area contributed by atoms with Crippen LogP contribution in [0.2, 0.25) is 0 Å². The highest BCUT2D eigenvalue weighted by Crippen LogP contribution is 2.32. The van der Waals surface area contributed by atoms with Crippen molar-refractivity contribution in [2.45, 2.75) is 12.6 Å². The van der Waals surface area contributed by atoms with Gasteiger partial charge < -0.3 is 4.74 Å². The van der Waals surface area contributed by atoms with Gasteiger partial charge in [-0.2, -0.15) is 13.2 Å². The molecule has 0 saturated carbocycles. The first kappa shape index (κ1) is 12.5. The smallest absolute Gasteiger partial charge is 0.421 e. The Kier molecular flexibility index (Phi) is 3.20. The van der Waals surface area contributed by atoms with Crippen molar-refractivity contribution in [2.24, 2.45) is 0 Å². The fraction of sp³-hybridized carbons (Fsp3) is 0.375. The third kappa shape index (κ3) is 2.31. The zero-order valence-corrected chi connectivity index (χ0v) is 7.86. The summed E-state index contributed by atoms with van der Waals surface area (Å²) in [5.74, 6) is -0.673. The molecule has 0 saturated heterocycles. The van der Waals surface area contributed by atoms with Gasteiger partial charge in [-0.25, -0.2) is 8.78 Å². The van der Waals surface area contributed by atoms with Crippen molar-refractivity contribution >= 4 is 0 Å². The molecule has 0 aliphatic rings. The van der Waals surface area contributed by atoms with Crippen LogP contribution in [0.4, 0.5) is 22.0 Å². The van der Waals surface area contributed by atoms with Crippen molar-refractivity contribution < 1.29 is 26.7 Å². The lowest BCUT2D eigenvalue weighted by molar-refractivity contribution is -0.138. The maximum atomic E-state index is 12.3. The number of nitrogens with one attached hydrogen (secondary N) is 1. The van der Waals surface area contributed by atoms with Crippen LogP contribution in [0.5, 0.6) is 5.88 Å². The van der Waals surface area contributed by atoms with Gasteiger partial charge in [-0.1, -0.05) is 0 Å². The first-order chi connectivity index (χ1) is 7.27. The first-order valence-electron chi connectivity index (χ1n) is 3.94. The van der Waals surface area contributed by atoms with E-state index in [9.17, 15) is 26.7 Å². The molecule has 0 fully saturated rings. The zero-order chi connectivity index (χ0) is 12.5. The van der Waals surface area contributed by atoms with Crippen molar-refractivity contribution in [3.8, 4) is 5.88 Å². The van der Waals surface area contributed by atoms with Gasteiger partial charge in [0.25, 0.3) is 12.0 Å². The molecular weight excluding hydrogens is 237 g/mol. The number of rotatable bonds is 2. The van der Waals surface area contributed by atoms with Crippen LogP contribution in [0.15, 0.2) is 10.9 Å². The van der Waals surface area contributed by atoms with Crippen LogP contribution >= 0.6 is 0 Å². The molecule has 0 aliphatic heterocycles. The quantitative estimate of drug-likeness (QED) is 0.810. The van der Waals surface area contributed by atoms with E-state index in [0.717, 1.165) is 7.11 Å². The second-order valence-corrected chi connectivity index (χ2v) is 2.80. The Bertz CT molecular complexity index is 437. The summed E-state index contributed by atoms with van der Waals surface area (Å²) in [5, 5.41) is 0. The molecule has 0 atom stereocenters. The molecule has 0 bridgehead atoms. The minimum absolute atomic E-state index is 0.0856. The highest BCUT2D eigenvalue weighted by molar-refractivity contribution is 5.32. The van der Waals surface area contributed by atoms with Crippen LogP contribution in [0, 0.1) is 0 Å². The number of aromatic amines is 1. The summed E-state index contributed by atoms with van der Waals surface area (Å²) in [6.45, 7) is 0. The van der Waals surface area contributed by atoms with E-state index < -0.39 is 35.2 Å². The fourth-order valence-corrected chi connectivity index (χ4v) is 1.07. The van der Waals surface area contributed by atoms with Gasteiger partial charge in [0, 0.05) is 0 Å². The van der Waals surface area contributed by atoms with E-state index in [2.05, 4.69) is 4.74 Å². The molecule has 16 heavy (non-hydrogen) atoms. The van der Waals surface area contributed by atoms with Crippen LogP contribution < -0.4 is 10.3 Å². The standard InChI is InChI=1S/C8H6F5NO2/c1-16-7-3(5(9)10)2-4(6(15)14-7)8(11,12)13/h2,5H,1H3,(H,14,15). The van der Waals surface area contributed by atoms with Gasteiger partial charge in [0.15, 0.2) is 0 Å². The number of ether oxygens (including phenoxy) is 1. The average molecular weight is 243 g/mol. The van der Waals surface area contributed by atoms with E-state index in [0.29, 0.717) is 0 Å². The number of hydrogen-bond acceptors (Lipinski definition) is 2. The number of halogens is 5. The number of alkyl halides is 5. The Hall–Kier alpha value is -1.60. The highest BCUT2D eigenvalue weighted by atomic mass is 19.4. The van der Waals surface area contributed by atoms with Crippen molar-refractivity contribution in [3.63, 3.8) is 0 Å². The minimum Gasteiger partial charge on any atom is -0.482 e. The third-order valence-electron chi connectivity index (χ3n) is 1.78. The molecule has 0 spiro atoms. The van der Waals surface area contributed by atoms with Crippen LogP contribution in [0.1, 0.15) is 17.6 Å². The maximum Gasteiger partial charge on any atom is 0.421 e. The second-order valence-electron chi connectivity index (χ2n) is 2.80. The SMILES string of the molecule is COc1[nH]c(=O)c(C(F)(F)F)cc1C(F)F. The lowest BCUT2D eigenvalue weighted by Crippen LogP contribution is -2.22. The second kappa shape index (κ2) is 4.11. The molecule has 3 nitrogen and oxygen atoms in total. The molecule has 1 rings (SSSR count). The van der Waals surface area contributed by atoms with Gasteiger partial charge >= 0.3 is 6.18 Å². The Morgan fingerprint density at radius 3 is 2.31 bits per heavy atom. The van der Waals surface area contributed by atoms with Gasteiger partial charge in [0.2, 0.25) is 5.88 Å². The predicted octanol–water partition coefficient (Wildman–Crippen LogP) is 2.34. The molecule has 90 valence electrons. The maximum absolute atomic E-state index is 12.3. The lowest BCUT2D eigenvalue weighted by atomic mass is 10.2. The van der Waals surface area contributed by atoms with E-state index in [1.54, 1.807) is 4.98 Å². The minimum atomic E-state index is -4.98. The molecule has 1 aromatic rings. The summed E-state index contributed by atoms with van der Waals surface area (Å²) in [5.41, 5.74) is -4.20. The molecule has 0 aliphatic carbocycles. The normalized spacial score (nSPS) is 11.9. The Morgan fingerprint density at radius 2 is 1.94 bits per heavy atom. The van der Waals surface area contributed by atoms with Crippen LogP contribution in [0.3, 0.4) is 0 Å². The van der Waals surface area contributed by atoms with E-state index in [1.807, 2.05) is 0 Å². The number of pyridine rings is 1. The van der Waals surface area contributed by atoms with Crippen LogP contribution in [-0.2, 0) is 6.18 Å². The molecule has 8 heteroatoms. The van der Waals surface area contributed by atoms with Crippen molar-refractivity contribution in [1.82, 2.24) is 4.98 Å². The molecule has 0 unspecified atom stereocenters. The van der Waals surface area contributed by atoms with Crippen molar-refractivity contribution in [1.29, 1.82) is 0 Å². The number of hydrogen-bond donors (Lipinski definition) is 1. The summed E-state index contributed by atoms with van der Waals surface area (Å²) in [4.78, 5) is 12.5. The van der Waals surface area contributed by atoms with Gasteiger partial charge in [-0.05, 0) is 6.07 Å². The van der Waals surface area contributed by atoms with Gasteiger partial charge in [-0.15, -0.1) is 0 Å². The molecular formula is C8H6F5NO2. The molecule has 0 aromatic carbocycles. The fourth-order valence-electron chi connectivity index (χ4n) is 1.07. The summed E-state index contributed by atoms with van der Waals surface area (Å²) in [7, 11) is 0.963. The summed E-state index contributed by atoms with van der Waals surface area (Å²) < 4.78 is 65.7. The molecule has 1 N–H and O–H groups in total. The molecule has 1 aromatic heterocycles. The number of H-pyrrole nitrogens is 1. The van der Waals surface area contributed by atoms with Crippen molar-refractivity contribution in [3.05, 3.63) is 27.5 Å². The van der Waals surface area contributed by atoms with Gasteiger partial charge in [-0.3, -0.25) is 9.78 Å². The first-order valence-corrected chi connectivity index (χ1v) is 3.94. The van der Waals surface area contributed by atoms with Crippen molar-refractivity contribution in [2.75, 3.05) is 7.11 Å². The van der Waals surface area contributed by atoms with Gasteiger partial charge in [0.05, 0.1) is 12.7 Å². The Balaban J connectivity index is 3.46. The molecule has 0 radical (unpaired) electrons. The molecule has 1 heterocycles. The summed E-state index contributed by atoms with van der Waals surface area (Å²) in [6.07, 6.45) is -8.16. The van der Waals surface area contributed by atoms with Gasteiger partial charge in [0.1, 0.15) is 5.56 Å². The van der Waals surface area contributed by atoms with E-state index in [4.69, 9.17) is 0 Å². The Labute approximate surface area is 85.8 Å². The van der Waals surface area contributed by atoms with E-state index in [1.165, 1.54) is 0 Å². The third-order valence-corrected chi connectivity index (χ3v) is 1.78. The lowest BCUT2D eigenvalue weighted by Gasteiger charge is -2.11. The van der Waals surface area contributed by atoms with E-state index in [-0.39, 0.29) is 6.07 Å². The van der Waals surface area contributed by atoms with Crippen LogP contribution in [0.25, 0.3) is 0 Å². The average Bonchev–Trinajstić information content (AvgIpc) is 2.14. The predicted molar refractivity (Wildman–Crippen MR) is 43.6 cm³/mol. The monoisotopic (exact) mass is 243 g/mol. The largest absolute Gasteiger partial charge is 0.482 e. The van der Waals surface area contributed by atoms with E-state index >= 15 is 0 Å². The number of methoxy groups -OCH3 is 1. The zero-order valence-electron chi connectivity index (χ0n) is 7.86. The van der Waals surface area contributed by atoms with Crippen LogP contribution in [-0.4, -0.2) is 12.1 Å². The summed E-state index contributed by atoms with van der Waals surface area (Å²) in [6, 6.07) is 0.0856. The number of aromatic nitrogens is 1. The summed E-state index contributed by atoms with van der Waals surface area (Å²) >= 11 is 0. The topological polar surface area (TPSA) is 42.1 Å². The highest BCUT2D eigenvalue weighted by Gasteiger charge is 2.35. The molecule has 0 amide bonds. The Morgan fingerprint density at radius 1 is 1.38 bits per heavy atom.